The van der Waals surface area contributed by atoms with Crippen LogP contribution in [0.4, 0.5) is 4.79 Å². The van der Waals surface area contributed by atoms with E-state index in [0.29, 0.717) is 5.75 Å². The summed E-state index contributed by atoms with van der Waals surface area (Å²) in [5, 5.41) is 0. The molecule has 0 spiro atoms. The zero-order valence-corrected chi connectivity index (χ0v) is 9.46. The van der Waals surface area contributed by atoms with E-state index in [1.165, 1.54) is 0 Å². The molecule has 0 saturated heterocycles. The lowest BCUT2D eigenvalue weighted by Gasteiger charge is -2.18. The Morgan fingerprint density at radius 3 is 2.60 bits per heavy atom. The second-order valence-electron chi connectivity index (χ2n) is 4.27. The molecule has 0 aromatic heterocycles. The minimum Gasteiger partial charge on any atom is -0.428 e. The molecule has 1 aromatic carbocycles. The van der Waals surface area contributed by atoms with Crippen LogP contribution in [0.3, 0.4) is 0 Å². The number of ether oxygens (including phenoxy) is 2. The van der Waals surface area contributed by atoms with E-state index in [-0.39, 0.29) is 0 Å². The Hall–Kier alpha value is -1.51. The first-order chi connectivity index (χ1) is 6.87. The maximum atomic E-state index is 11.3. The van der Waals surface area contributed by atoms with Crippen molar-refractivity contribution in [3.63, 3.8) is 0 Å². The third-order valence-corrected chi connectivity index (χ3v) is 1.51. The molecular formula is C12H15O3. The van der Waals surface area contributed by atoms with Gasteiger partial charge in [-0.3, -0.25) is 0 Å². The smallest absolute Gasteiger partial charge is 0.428 e. The molecule has 0 unspecified atom stereocenters. The molecule has 0 aliphatic rings. The van der Waals surface area contributed by atoms with Crippen LogP contribution in [0.15, 0.2) is 18.2 Å². The van der Waals surface area contributed by atoms with Gasteiger partial charge in [0.1, 0.15) is 11.4 Å². The van der Waals surface area contributed by atoms with Crippen LogP contribution in [0.25, 0.3) is 0 Å². The average molecular weight is 207 g/mol. The van der Waals surface area contributed by atoms with Crippen molar-refractivity contribution in [3.05, 3.63) is 29.8 Å². The maximum Gasteiger partial charge on any atom is 0.514 e. The predicted molar refractivity (Wildman–Crippen MR) is 56.9 cm³/mol. The topological polar surface area (TPSA) is 35.5 Å². The lowest BCUT2D eigenvalue weighted by Crippen LogP contribution is -2.25. The first-order valence-electron chi connectivity index (χ1n) is 4.76. The monoisotopic (exact) mass is 207 g/mol. The minimum absolute atomic E-state index is 0.473. The minimum atomic E-state index is -0.687. The molecule has 0 amide bonds. The van der Waals surface area contributed by atoms with Gasteiger partial charge in [0.05, 0.1) is 0 Å². The van der Waals surface area contributed by atoms with E-state index < -0.39 is 11.8 Å². The van der Waals surface area contributed by atoms with Crippen LogP contribution in [0, 0.1) is 13.0 Å². The van der Waals surface area contributed by atoms with Gasteiger partial charge in [-0.15, -0.1) is 0 Å². The first kappa shape index (κ1) is 11.6. The number of hydrogen-bond donors (Lipinski definition) is 0. The van der Waals surface area contributed by atoms with Crippen molar-refractivity contribution in [1.82, 2.24) is 0 Å². The van der Waals surface area contributed by atoms with Crippen molar-refractivity contribution in [2.75, 3.05) is 0 Å². The normalized spacial score (nSPS) is 10.9. The molecule has 0 atom stereocenters. The molecule has 0 N–H and O–H groups in total. The molecule has 1 radical (unpaired) electrons. The number of rotatable bonds is 1. The van der Waals surface area contributed by atoms with Crippen molar-refractivity contribution >= 4 is 6.16 Å². The molecule has 0 heterocycles. The number of carbonyl (C=O) groups is 1. The Bertz CT molecular complexity index is 350. The Kier molecular flexibility index (Phi) is 3.35. The highest BCUT2D eigenvalue weighted by Crippen LogP contribution is 2.15. The quantitative estimate of drug-likeness (QED) is 0.524. The van der Waals surface area contributed by atoms with E-state index in [9.17, 15) is 4.79 Å². The Balaban J connectivity index is 2.59. The van der Waals surface area contributed by atoms with Gasteiger partial charge in [-0.1, -0.05) is 6.07 Å². The van der Waals surface area contributed by atoms with E-state index in [4.69, 9.17) is 9.47 Å². The van der Waals surface area contributed by atoms with Gasteiger partial charge < -0.3 is 9.47 Å². The molecule has 0 aliphatic carbocycles. The Morgan fingerprint density at radius 2 is 2.07 bits per heavy atom. The molecule has 81 valence electrons. The van der Waals surface area contributed by atoms with Gasteiger partial charge in [0, 0.05) is 0 Å². The molecule has 1 rings (SSSR count). The summed E-state index contributed by atoms with van der Waals surface area (Å²) in [5.74, 6) is 0.473. The van der Waals surface area contributed by atoms with Crippen LogP contribution in [0.2, 0.25) is 0 Å². The molecule has 1 aromatic rings. The van der Waals surface area contributed by atoms with Crippen LogP contribution in [0.1, 0.15) is 26.3 Å². The SMILES string of the molecule is Cc1[c]ccc(OC(=O)OC(C)(C)C)c1. The number of aryl methyl sites for hydroxylation is 1. The Labute approximate surface area is 90.0 Å². The number of hydrogen-bond acceptors (Lipinski definition) is 3. The summed E-state index contributed by atoms with van der Waals surface area (Å²) in [5.41, 5.74) is 0.378. The van der Waals surface area contributed by atoms with Crippen LogP contribution < -0.4 is 4.74 Å². The largest absolute Gasteiger partial charge is 0.514 e. The number of benzene rings is 1. The van der Waals surface area contributed by atoms with E-state index >= 15 is 0 Å². The molecule has 3 heteroatoms. The van der Waals surface area contributed by atoms with Gasteiger partial charge >= 0.3 is 6.16 Å². The molecule has 3 nitrogen and oxygen atoms in total. The van der Waals surface area contributed by atoms with Gasteiger partial charge in [-0.05, 0) is 51.5 Å². The maximum absolute atomic E-state index is 11.3. The summed E-state index contributed by atoms with van der Waals surface area (Å²) < 4.78 is 10.0. The molecule has 0 fully saturated rings. The zero-order chi connectivity index (χ0) is 11.5. The Morgan fingerprint density at radius 1 is 1.40 bits per heavy atom. The van der Waals surface area contributed by atoms with Gasteiger partial charge in [-0.25, -0.2) is 4.79 Å². The van der Waals surface area contributed by atoms with E-state index in [1.807, 2.05) is 6.92 Å². The van der Waals surface area contributed by atoms with E-state index in [1.54, 1.807) is 39.0 Å². The van der Waals surface area contributed by atoms with Gasteiger partial charge in [-0.2, -0.15) is 0 Å². The van der Waals surface area contributed by atoms with E-state index in [2.05, 4.69) is 6.07 Å². The number of carbonyl (C=O) groups excluding carboxylic acids is 1. The van der Waals surface area contributed by atoms with Crippen LogP contribution in [-0.2, 0) is 4.74 Å². The van der Waals surface area contributed by atoms with Crippen LogP contribution >= 0.6 is 0 Å². The van der Waals surface area contributed by atoms with Crippen molar-refractivity contribution in [3.8, 4) is 5.75 Å². The van der Waals surface area contributed by atoms with Gasteiger partial charge in [0.2, 0.25) is 0 Å². The summed E-state index contributed by atoms with van der Waals surface area (Å²) >= 11 is 0. The summed E-state index contributed by atoms with van der Waals surface area (Å²) in [6.45, 7) is 7.25. The molecule has 0 saturated carbocycles. The van der Waals surface area contributed by atoms with Gasteiger partial charge in [0.15, 0.2) is 0 Å². The fourth-order valence-electron chi connectivity index (χ4n) is 0.989. The second-order valence-corrected chi connectivity index (χ2v) is 4.27. The average Bonchev–Trinajstić information content (AvgIpc) is 1.99. The third kappa shape index (κ3) is 4.49. The third-order valence-electron chi connectivity index (χ3n) is 1.51. The highest BCUT2D eigenvalue weighted by molar-refractivity contribution is 5.64. The highest BCUT2D eigenvalue weighted by Gasteiger charge is 2.17. The predicted octanol–water partition coefficient (Wildman–Crippen LogP) is 3.11. The van der Waals surface area contributed by atoms with Gasteiger partial charge in [0.25, 0.3) is 0 Å². The van der Waals surface area contributed by atoms with Crippen molar-refractivity contribution in [1.29, 1.82) is 0 Å². The van der Waals surface area contributed by atoms with Crippen LogP contribution in [0.5, 0.6) is 5.75 Å². The van der Waals surface area contributed by atoms with Crippen molar-refractivity contribution < 1.29 is 14.3 Å². The standard InChI is InChI=1S/C12H15O3/c1-9-6-5-7-10(8-9)14-11(13)15-12(2,3)4/h5,7-8H,1-4H3. The van der Waals surface area contributed by atoms with Crippen LogP contribution in [-0.4, -0.2) is 11.8 Å². The lowest BCUT2D eigenvalue weighted by atomic mass is 10.2. The molecular weight excluding hydrogens is 192 g/mol. The summed E-state index contributed by atoms with van der Waals surface area (Å²) in [4.78, 5) is 11.3. The highest BCUT2D eigenvalue weighted by atomic mass is 16.7. The second kappa shape index (κ2) is 4.34. The zero-order valence-electron chi connectivity index (χ0n) is 9.46. The summed E-state index contributed by atoms with van der Waals surface area (Å²) in [7, 11) is 0. The molecule has 0 bridgehead atoms. The lowest BCUT2D eigenvalue weighted by molar-refractivity contribution is 0.0206. The molecule has 0 aliphatic heterocycles. The van der Waals surface area contributed by atoms with Crippen molar-refractivity contribution in [2.45, 2.75) is 33.3 Å². The fourth-order valence-corrected chi connectivity index (χ4v) is 0.989. The fraction of sp³-hybridized carbons (Fsp3) is 0.417. The summed E-state index contributed by atoms with van der Waals surface area (Å²) in [6, 6.07) is 8.05. The summed E-state index contributed by atoms with van der Waals surface area (Å²) in [6.07, 6.45) is -0.687. The van der Waals surface area contributed by atoms with E-state index in [0.717, 1.165) is 5.56 Å². The first-order valence-corrected chi connectivity index (χ1v) is 4.76. The molecule has 15 heavy (non-hydrogen) atoms. The van der Waals surface area contributed by atoms with Crippen molar-refractivity contribution in [2.24, 2.45) is 0 Å².